The first-order valence-electron chi connectivity index (χ1n) is 24.5. The predicted molar refractivity (Wildman–Crippen MR) is 246 cm³/mol. The molecule has 5 heterocycles. The van der Waals surface area contributed by atoms with Gasteiger partial charge in [-0.1, -0.05) is 26.0 Å². The molecule has 8 saturated carbocycles. The monoisotopic (exact) mass is 880 g/mol. The molecule has 1 aliphatic heterocycles. The maximum absolute atomic E-state index is 14.4. The van der Waals surface area contributed by atoms with E-state index in [2.05, 4.69) is 44.0 Å². The molecule has 0 amide bonds. The summed E-state index contributed by atoms with van der Waals surface area (Å²) in [6, 6.07) is 6.02. The Bertz CT molecular complexity index is 2870. The Morgan fingerprint density at radius 1 is 0.877 bits per heavy atom. The third kappa shape index (κ3) is 6.52. The Balaban J connectivity index is 0.923. The van der Waals surface area contributed by atoms with Crippen molar-refractivity contribution in [2.24, 2.45) is 35.5 Å². The van der Waals surface area contributed by atoms with Crippen molar-refractivity contribution in [1.82, 2.24) is 43.9 Å². The molecule has 8 fully saturated rings. The van der Waals surface area contributed by atoms with Gasteiger partial charge in [-0.15, -0.1) is 0 Å². The van der Waals surface area contributed by atoms with Crippen LogP contribution in [0.25, 0.3) is 22.3 Å². The zero-order valence-electron chi connectivity index (χ0n) is 37.8. The molecule has 0 saturated heterocycles. The number of allylic oxidation sites excluding steroid dienone is 1. The maximum Gasteiger partial charge on any atom is 0.338 e. The van der Waals surface area contributed by atoms with Gasteiger partial charge in [-0.25, -0.2) is 14.8 Å². The van der Waals surface area contributed by atoms with Crippen LogP contribution in [0, 0.1) is 35.5 Å². The number of ether oxygens (including phenoxy) is 2. The Kier molecular flexibility index (Phi) is 9.68. The van der Waals surface area contributed by atoms with E-state index in [1.54, 1.807) is 4.57 Å². The van der Waals surface area contributed by atoms with Crippen LogP contribution < -0.4 is 21.2 Å². The second kappa shape index (κ2) is 15.4. The Morgan fingerprint density at radius 2 is 1.65 bits per heavy atom. The van der Waals surface area contributed by atoms with Gasteiger partial charge in [-0.2, -0.15) is 9.97 Å². The number of carbonyl (C=O) groups is 1. The number of nitrogens with zero attached hydrogens (tertiary/aromatic N) is 7. The summed E-state index contributed by atoms with van der Waals surface area (Å²) in [7, 11) is 0. The Labute approximate surface area is 377 Å². The minimum Gasteiger partial charge on any atom is -0.462 e. The van der Waals surface area contributed by atoms with E-state index in [1.165, 1.54) is 12.8 Å². The summed E-state index contributed by atoms with van der Waals surface area (Å²) in [5, 5.41) is 3.31. The number of aromatic nitrogens is 8. The van der Waals surface area contributed by atoms with Crippen LogP contribution in [0.15, 0.2) is 58.2 Å². The van der Waals surface area contributed by atoms with E-state index in [-0.39, 0.29) is 53.6 Å². The molecule has 65 heavy (non-hydrogen) atoms. The highest BCUT2D eigenvalue weighted by Gasteiger charge is 2.60. The number of carbonyl (C=O) groups excluding carboxylic acids is 1. The van der Waals surface area contributed by atoms with Crippen molar-refractivity contribution in [3.63, 3.8) is 0 Å². The van der Waals surface area contributed by atoms with Crippen molar-refractivity contribution in [2.45, 2.75) is 128 Å². The molecule has 0 spiro atoms. The van der Waals surface area contributed by atoms with Crippen molar-refractivity contribution in [3.8, 4) is 6.01 Å². The number of hydrogen-bond acceptors (Lipinski definition) is 11. The lowest BCUT2D eigenvalue weighted by molar-refractivity contribution is -0.0644. The summed E-state index contributed by atoms with van der Waals surface area (Å²) in [5.41, 5.74) is 3.75. The predicted octanol–water partition coefficient (Wildman–Crippen LogP) is 7.65. The van der Waals surface area contributed by atoms with Gasteiger partial charge in [-0.3, -0.25) is 19.1 Å². The zero-order valence-corrected chi connectivity index (χ0v) is 37.8. The lowest BCUT2D eigenvalue weighted by Crippen LogP contribution is -2.57. The number of rotatable bonds is 14. The molecule has 15 heteroatoms. The average molecular weight is 881 g/mol. The summed E-state index contributed by atoms with van der Waals surface area (Å²) in [5.74, 6) is 4.19. The van der Waals surface area contributed by atoms with Gasteiger partial charge in [0.1, 0.15) is 12.4 Å². The highest BCUT2D eigenvalue weighted by molar-refractivity contribution is 5.92. The highest BCUT2D eigenvalue weighted by Crippen LogP contribution is 2.66. The second-order valence-corrected chi connectivity index (χ2v) is 20.8. The fourth-order valence-corrected chi connectivity index (χ4v) is 14.9. The van der Waals surface area contributed by atoms with Crippen molar-refractivity contribution in [3.05, 3.63) is 91.8 Å². The Morgan fingerprint density at radius 3 is 2.37 bits per heavy atom. The summed E-state index contributed by atoms with van der Waals surface area (Å²) in [6.07, 6.45) is 20.7. The van der Waals surface area contributed by atoms with Crippen LogP contribution in [0.4, 0.5) is 5.95 Å². The highest BCUT2D eigenvalue weighted by atomic mass is 16.5. The number of aromatic amines is 2. The van der Waals surface area contributed by atoms with Crippen LogP contribution in [-0.4, -0.2) is 69.6 Å². The first kappa shape index (κ1) is 40.8. The minimum atomic E-state index is -0.562. The smallest absolute Gasteiger partial charge is 0.338 e. The number of esters is 1. The summed E-state index contributed by atoms with van der Waals surface area (Å²) < 4.78 is 16.3. The quantitative estimate of drug-likeness (QED) is 0.0934. The van der Waals surface area contributed by atoms with Crippen molar-refractivity contribution in [1.29, 1.82) is 0 Å². The van der Waals surface area contributed by atoms with E-state index in [9.17, 15) is 14.4 Å². The number of H-pyrrole nitrogens is 2. The molecule has 9 aliphatic rings. The van der Waals surface area contributed by atoms with Gasteiger partial charge in [-0.05, 0) is 149 Å². The van der Waals surface area contributed by atoms with Gasteiger partial charge < -0.3 is 29.2 Å². The minimum absolute atomic E-state index is 0.000825. The molecule has 4 aromatic heterocycles. The van der Waals surface area contributed by atoms with Gasteiger partial charge in [0.2, 0.25) is 5.95 Å². The van der Waals surface area contributed by atoms with Crippen LogP contribution in [0.1, 0.15) is 131 Å². The van der Waals surface area contributed by atoms with E-state index >= 15 is 0 Å². The van der Waals surface area contributed by atoms with E-state index in [1.807, 2.05) is 44.4 Å². The van der Waals surface area contributed by atoms with E-state index in [0.29, 0.717) is 58.6 Å². The number of anilines is 1. The molecule has 8 bridgehead atoms. The molecule has 8 aliphatic carbocycles. The van der Waals surface area contributed by atoms with Crippen molar-refractivity contribution < 1.29 is 14.3 Å². The van der Waals surface area contributed by atoms with Crippen LogP contribution in [-0.2, 0) is 28.8 Å². The zero-order chi connectivity index (χ0) is 44.2. The SMILES string of the molecule is CCCN1C=CC(Nc2nc3ncn(C45CC6CC(CC(C6)C4c4c(COc6nc7nc(C89CC%10CC(C8)C(C%10)C9)[nH]c7c(=O)n6CCC)cccc4C(=O)OCC)C5)c3c(=O)[nH]2)=CC1. The standard InChI is InChI=1S/C50H60N10O5/c1-4-12-58-14-10-35(11-15-58)52-47-55-42-40(43(61)57-47)60(27-51-42)50-22-28-16-29(23-50)18-32(17-28)38(50)37-31(8-7-9-36(37)45(63)64-6-3)26-65-48-56-41-39(44(62)59(48)13-5-2)53-46(54-41)49-21-30-19-33(24-49)34(20-30)25-49/h7-11,14,27-30,32-34,38H,4-6,12-13,15-26H2,1-3H3,(H,53,54)(H2,52,55,57,61). The number of fused-ring (bicyclic) bond motifs is 2. The summed E-state index contributed by atoms with van der Waals surface area (Å²) in [4.78, 5) is 71.4. The van der Waals surface area contributed by atoms with Crippen LogP contribution >= 0.6 is 0 Å². The summed E-state index contributed by atoms with van der Waals surface area (Å²) >= 11 is 0. The molecule has 340 valence electrons. The van der Waals surface area contributed by atoms with Crippen LogP contribution in [0.5, 0.6) is 6.01 Å². The van der Waals surface area contributed by atoms with Gasteiger partial charge in [0.25, 0.3) is 11.1 Å². The second-order valence-electron chi connectivity index (χ2n) is 20.8. The Hall–Kier alpha value is -5.73. The van der Waals surface area contributed by atoms with E-state index < -0.39 is 5.54 Å². The lowest BCUT2D eigenvalue weighted by Gasteiger charge is -2.62. The lowest BCUT2D eigenvalue weighted by atomic mass is 9.46. The molecule has 0 radical (unpaired) electrons. The van der Waals surface area contributed by atoms with Crippen molar-refractivity contribution >= 4 is 34.2 Å². The fraction of sp³-hybridized carbons (Fsp3) is 0.580. The van der Waals surface area contributed by atoms with Gasteiger partial charge in [0.15, 0.2) is 22.3 Å². The largest absolute Gasteiger partial charge is 0.462 e. The van der Waals surface area contributed by atoms with Crippen molar-refractivity contribution in [2.75, 3.05) is 25.0 Å². The fourth-order valence-electron chi connectivity index (χ4n) is 14.9. The molecule has 3 N–H and O–H groups in total. The maximum atomic E-state index is 14.4. The van der Waals surface area contributed by atoms with Gasteiger partial charge in [0, 0.05) is 42.9 Å². The van der Waals surface area contributed by atoms with Gasteiger partial charge >= 0.3 is 12.0 Å². The number of benzene rings is 1. The van der Waals surface area contributed by atoms with E-state index in [4.69, 9.17) is 29.4 Å². The van der Waals surface area contributed by atoms with Crippen LogP contribution in [0.3, 0.4) is 0 Å². The normalized spacial score (nSPS) is 30.5. The molecule has 5 aromatic rings. The first-order valence-corrected chi connectivity index (χ1v) is 24.5. The number of nitrogens with one attached hydrogen (secondary N) is 3. The molecular formula is C50H60N10O5. The molecule has 1 aromatic carbocycles. The first-order chi connectivity index (χ1) is 31.7. The molecule has 5 unspecified atom stereocenters. The molecule has 14 rings (SSSR count). The van der Waals surface area contributed by atoms with Crippen LogP contribution in [0.2, 0.25) is 0 Å². The molecule has 5 atom stereocenters. The topological polar surface area (TPSA) is 178 Å². The van der Waals surface area contributed by atoms with E-state index in [0.717, 1.165) is 111 Å². The number of imidazole rings is 2. The molecular weight excluding hydrogens is 821 g/mol. The summed E-state index contributed by atoms with van der Waals surface area (Å²) in [6.45, 7) is 8.53. The molecule has 15 nitrogen and oxygen atoms in total. The van der Waals surface area contributed by atoms with Gasteiger partial charge in [0.05, 0.1) is 24.0 Å². The third-order valence-electron chi connectivity index (χ3n) is 16.8. The number of hydrogen-bond donors (Lipinski definition) is 3. The third-order valence-corrected chi connectivity index (χ3v) is 16.8. The average Bonchev–Trinajstić information content (AvgIpc) is 4.05.